The van der Waals surface area contributed by atoms with Crippen molar-refractivity contribution in [3.8, 4) is 11.4 Å². The summed E-state index contributed by atoms with van der Waals surface area (Å²) in [5.41, 5.74) is 7.25. The largest absolute Gasteiger partial charge is 0.309 e. The van der Waals surface area contributed by atoms with Gasteiger partial charge in [-0.3, -0.25) is 0 Å². The van der Waals surface area contributed by atoms with Crippen molar-refractivity contribution in [3.05, 3.63) is 146 Å². The SMILES string of the molecule is c1ccc2c(c1)ccc1cc(-n3c4ccccc4c4cc(-n5c6ccccc6c6ccccc65)ccc43)ccc12. The molecule has 2 nitrogen and oxygen atoms in total. The quantitative estimate of drug-likeness (QED) is 0.206. The predicted molar refractivity (Wildman–Crippen MR) is 170 cm³/mol. The molecular formula is C38H24N2. The van der Waals surface area contributed by atoms with Crippen LogP contribution < -0.4 is 0 Å². The van der Waals surface area contributed by atoms with E-state index in [0.717, 1.165) is 0 Å². The smallest absolute Gasteiger partial charge is 0.0542 e. The zero-order valence-electron chi connectivity index (χ0n) is 21.8. The Morgan fingerprint density at radius 2 is 0.725 bits per heavy atom. The average molecular weight is 509 g/mol. The summed E-state index contributed by atoms with van der Waals surface area (Å²) in [6.45, 7) is 0. The van der Waals surface area contributed by atoms with Crippen molar-refractivity contribution in [2.45, 2.75) is 0 Å². The van der Waals surface area contributed by atoms with E-state index in [4.69, 9.17) is 0 Å². The molecule has 186 valence electrons. The van der Waals surface area contributed by atoms with Crippen LogP contribution in [0.15, 0.2) is 146 Å². The molecule has 0 saturated heterocycles. The molecule has 0 N–H and O–H groups in total. The topological polar surface area (TPSA) is 9.86 Å². The van der Waals surface area contributed by atoms with Crippen molar-refractivity contribution in [1.82, 2.24) is 9.13 Å². The van der Waals surface area contributed by atoms with Crippen LogP contribution in [0.5, 0.6) is 0 Å². The van der Waals surface area contributed by atoms with E-state index in [1.165, 1.54) is 76.5 Å². The lowest BCUT2D eigenvalue weighted by atomic mass is 10.0. The maximum Gasteiger partial charge on any atom is 0.0542 e. The fourth-order valence-electron chi connectivity index (χ4n) is 6.72. The lowest BCUT2D eigenvalue weighted by Crippen LogP contribution is -1.96. The number of rotatable bonds is 2. The number of nitrogens with zero attached hydrogens (tertiary/aromatic N) is 2. The Morgan fingerprint density at radius 3 is 1.40 bits per heavy atom. The molecule has 9 rings (SSSR count). The van der Waals surface area contributed by atoms with Gasteiger partial charge in [0.05, 0.1) is 22.1 Å². The molecule has 0 saturated carbocycles. The van der Waals surface area contributed by atoms with Crippen LogP contribution in [0.2, 0.25) is 0 Å². The lowest BCUT2D eigenvalue weighted by Gasteiger charge is -2.12. The molecule has 9 aromatic rings. The molecule has 0 amide bonds. The van der Waals surface area contributed by atoms with E-state index in [1.807, 2.05) is 0 Å². The van der Waals surface area contributed by atoms with Gasteiger partial charge in [0.25, 0.3) is 0 Å². The highest BCUT2D eigenvalue weighted by molar-refractivity contribution is 6.13. The normalized spacial score (nSPS) is 12.0. The van der Waals surface area contributed by atoms with Crippen LogP contribution >= 0.6 is 0 Å². The summed E-state index contributed by atoms with van der Waals surface area (Å²) in [5.74, 6) is 0. The summed E-state index contributed by atoms with van der Waals surface area (Å²) in [4.78, 5) is 0. The number of hydrogen-bond donors (Lipinski definition) is 0. The standard InChI is InChI=1S/C38H24N2/c1-2-10-29-25(9-1)17-18-26-23-27(19-21-30(26)29)39-37-16-8-5-13-33(37)34-24-28(20-22-38(34)39)40-35-14-6-3-11-31(35)32-12-4-7-15-36(32)40/h1-24H. The number of aromatic nitrogens is 2. The molecule has 40 heavy (non-hydrogen) atoms. The van der Waals surface area contributed by atoms with Gasteiger partial charge >= 0.3 is 0 Å². The van der Waals surface area contributed by atoms with E-state index in [9.17, 15) is 0 Å². The van der Waals surface area contributed by atoms with E-state index in [0.29, 0.717) is 0 Å². The molecule has 2 heterocycles. The first-order valence-corrected chi connectivity index (χ1v) is 13.8. The van der Waals surface area contributed by atoms with Gasteiger partial charge in [0.1, 0.15) is 0 Å². The van der Waals surface area contributed by atoms with Crippen molar-refractivity contribution >= 4 is 65.2 Å². The van der Waals surface area contributed by atoms with Crippen LogP contribution in [0, 0.1) is 0 Å². The van der Waals surface area contributed by atoms with Crippen LogP contribution in [0.1, 0.15) is 0 Å². The van der Waals surface area contributed by atoms with Gasteiger partial charge in [-0.05, 0) is 70.1 Å². The second kappa shape index (κ2) is 8.08. The first-order chi connectivity index (χ1) is 19.8. The highest BCUT2D eigenvalue weighted by Gasteiger charge is 2.16. The van der Waals surface area contributed by atoms with Gasteiger partial charge in [-0.2, -0.15) is 0 Å². The van der Waals surface area contributed by atoms with Crippen LogP contribution in [0.25, 0.3) is 76.5 Å². The summed E-state index contributed by atoms with van der Waals surface area (Å²) in [7, 11) is 0. The molecule has 0 atom stereocenters. The van der Waals surface area contributed by atoms with Crippen molar-refractivity contribution in [2.75, 3.05) is 0 Å². The van der Waals surface area contributed by atoms with E-state index in [1.54, 1.807) is 0 Å². The van der Waals surface area contributed by atoms with E-state index in [2.05, 4.69) is 155 Å². The molecule has 7 aromatic carbocycles. The van der Waals surface area contributed by atoms with Gasteiger partial charge in [0, 0.05) is 32.9 Å². The zero-order chi connectivity index (χ0) is 26.2. The van der Waals surface area contributed by atoms with Gasteiger partial charge in [0.15, 0.2) is 0 Å². The van der Waals surface area contributed by atoms with Crippen molar-refractivity contribution in [3.63, 3.8) is 0 Å². The Labute approximate surface area is 230 Å². The number of para-hydroxylation sites is 3. The Hall–Kier alpha value is -5.34. The molecule has 0 fully saturated rings. The first-order valence-electron chi connectivity index (χ1n) is 13.8. The molecule has 0 radical (unpaired) electrons. The third kappa shape index (κ3) is 2.93. The Bertz CT molecular complexity index is 2380. The highest BCUT2D eigenvalue weighted by atomic mass is 15.0. The Morgan fingerprint density at radius 1 is 0.275 bits per heavy atom. The summed E-state index contributed by atoms with van der Waals surface area (Å²) in [6.07, 6.45) is 0. The van der Waals surface area contributed by atoms with Crippen LogP contribution in [0.3, 0.4) is 0 Å². The average Bonchev–Trinajstić information content (AvgIpc) is 3.53. The lowest BCUT2D eigenvalue weighted by molar-refractivity contribution is 1.17. The minimum absolute atomic E-state index is 1.18. The third-order valence-electron chi connectivity index (χ3n) is 8.48. The van der Waals surface area contributed by atoms with E-state index < -0.39 is 0 Å². The molecule has 0 unspecified atom stereocenters. The molecular weight excluding hydrogens is 484 g/mol. The van der Waals surface area contributed by atoms with Gasteiger partial charge < -0.3 is 9.13 Å². The number of fused-ring (bicyclic) bond motifs is 9. The number of hydrogen-bond acceptors (Lipinski definition) is 0. The first kappa shape index (κ1) is 21.6. The summed E-state index contributed by atoms with van der Waals surface area (Å²) in [5, 5.41) is 10.2. The van der Waals surface area contributed by atoms with Crippen molar-refractivity contribution in [2.24, 2.45) is 0 Å². The van der Waals surface area contributed by atoms with Crippen molar-refractivity contribution in [1.29, 1.82) is 0 Å². The summed E-state index contributed by atoms with van der Waals surface area (Å²) >= 11 is 0. The summed E-state index contributed by atoms with van der Waals surface area (Å²) in [6, 6.07) is 53.1. The minimum Gasteiger partial charge on any atom is -0.309 e. The van der Waals surface area contributed by atoms with E-state index >= 15 is 0 Å². The van der Waals surface area contributed by atoms with Crippen LogP contribution in [-0.4, -0.2) is 9.13 Å². The fourth-order valence-corrected chi connectivity index (χ4v) is 6.72. The molecule has 2 heteroatoms. The zero-order valence-corrected chi connectivity index (χ0v) is 21.8. The molecule has 2 aromatic heterocycles. The van der Waals surface area contributed by atoms with Crippen molar-refractivity contribution < 1.29 is 0 Å². The molecule has 0 aliphatic heterocycles. The number of benzene rings is 7. The maximum absolute atomic E-state index is 2.41. The predicted octanol–water partition coefficient (Wildman–Crippen LogP) is 10.2. The Kier molecular flexibility index (Phi) is 4.36. The molecule has 0 aliphatic carbocycles. The van der Waals surface area contributed by atoms with E-state index in [-0.39, 0.29) is 0 Å². The second-order valence-corrected chi connectivity index (χ2v) is 10.6. The van der Waals surface area contributed by atoms with Gasteiger partial charge in [0.2, 0.25) is 0 Å². The third-order valence-corrected chi connectivity index (χ3v) is 8.48. The highest BCUT2D eigenvalue weighted by Crippen LogP contribution is 2.37. The maximum atomic E-state index is 2.41. The minimum atomic E-state index is 1.18. The molecule has 0 aliphatic rings. The van der Waals surface area contributed by atoms with Gasteiger partial charge in [-0.1, -0.05) is 97.1 Å². The second-order valence-electron chi connectivity index (χ2n) is 10.6. The molecule has 0 bridgehead atoms. The van der Waals surface area contributed by atoms with Crippen LogP contribution in [0.4, 0.5) is 0 Å². The summed E-state index contributed by atoms with van der Waals surface area (Å²) < 4.78 is 4.81. The monoisotopic (exact) mass is 508 g/mol. The van der Waals surface area contributed by atoms with Gasteiger partial charge in [-0.25, -0.2) is 0 Å². The van der Waals surface area contributed by atoms with Gasteiger partial charge in [-0.15, -0.1) is 0 Å². The fraction of sp³-hybridized carbons (Fsp3) is 0. The van der Waals surface area contributed by atoms with Crippen LogP contribution in [-0.2, 0) is 0 Å². The molecule has 0 spiro atoms. The Balaban J connectivity index is 1.32.